The predicted molar refractivity (Wildman–Crippen MR) is 104 cm³/mol. The fourth-order valence-electron chi connectivity index (χ4n) is 2.97. The van der Waals surface area contributed by atoms with Crippen molar-refractivity contribution in [1.82, 2.24) is 9.78 Å². The summed E-state index contributed by atoms with van der Waals surface area (Å²) >= 11 is 0. The quantitative estimate of drug-likeness (QED) is 0.556. The van der Waals surface area contributed by atoms with Crippen LogP contribution in [0.25, 0.3) is 0 Å². The van der Waals surface area contributed by atoms with Crippen LogP contribution in [0, 0.1) is 11.3 Å². The lowest BCUT2D eigenvalue weighted by Gasteiger charge is -2.06. The molecule has 0 aliphatic heterocycles. The Morgan fingerprint density at radius 1 is 1.24 bits per heavy atom. The fourth-order valence-corrected chi connectivity index (χ4v) is 2.97. The van der Waals surface area contributed by atoms with E-state index in [9.17, 15) is 0 Å². The molecule has 25 heavy (non-hydrogen) atoms. The van der Waals surface area contributed by atoms with Crippen LogP contribution in [-0.2, 0) is 13.5 Å². The van der Waals surface area contributed by atoms with Crippen LogP contribution in [0.15, 0.2) is 43.5 Å². The molecule has 1 N–H and O–H groups in total. The fraction of sp³-hybridized carbons (Fsp3) is 0.429. The highest BCUT2D eigenvalue weighted by atomic mass is 15.3. The number of hydrogen-bond donors (Lipinski definition) is 1. The Kier molecular flexibility index (Phi) is 7.28. The summed E-state index contributed by atoms with van der Waals surface area (Å²) in [7, 11) is 2.07. The summed E-state index contributed by atoms with van der Waals surface area (Å²) in [5.74, 6) is 0.773. The van der Waals surface area contributed by atoms with Gasteiger partial charge in [0.25, 0.3) is 0 Å². The van der Waals surface area contributed by atoms with E-state index in [1.165, 1.54) is 37.1 Å². The molecule has 0 bridgehead atoms. The Balaban J connectivity index is 0.00000109. The highest BCUT2D eigenvalue weighted by Crippen LogP contribution is 2.40. The van der Waals surface area contributed by atoms with E-state index in [2.05, 4.69) is 47.4 Å². The van der Waals surface area contributed by atoms with E-state index in [-0.39, 0.29) is 0 Å². The number of unbranched alkanes of at least 4 members (excludes halogenated alkanes) is 2. The standard InChI is InChI=1S/C19H24N4.C2H4/c1-23-19(16-9-10-16)13-18(22-23)7-3-2-4-11-21-17-8-5-6-15(12-17)14-20;1-2/h5-6,8,12-13,16,21H,2-4,7,9-11H2,1H3;1-2H2. The van der Waals surface area contributed by atoms with Crippen molar-refractivity contribution in [3.8, 4) is 6.07 Å². The minimum absolute atomic E-state index is 0.705. The van der Waals surface area contributed by atoms with Crippen LogP contribution in [0.3, 0.4) is 0 Å². The lowest BCUT2D eigenvalue weighted by atomic mass is 10.1. The number of nitrogens with one attached hydrogen (secondary N) is 1. The molecule has 1 fully saturated rings. The van der Waals surface area contributed by atoms with Gasteiger partial charge in [-0.1, -0.05) is 12.5 Å². The molecule has 1 saturated carbocycles. The first-order valence-electron chi connectivity index (χ1n) is 9.03. The largest absolute Gasteiger partial charge is 0.385 e. The predicted octanol–water partition coefficient (Wildman–Crippen LogP) is 4.80. The van der Waals surface area contributed by atoms with Crippen LogP contribution in [0.5, 0.6) is 0 Å². The average Bonchev–Trinajstić information content (AvgIpc) is 3.43. The van der Waals surface area contributed by atoms with Gasteiger partial charge in [0.15, 0.2) is 0 Å². The van der Waals surface area contributed by atoms with Gasteiger partial charge in [0.2, 0.25) is 0 Å². The number of benzene rings is 1. The molecule has 0 saturated heterocycles. The minimum atomic E-state index is 0.705. The number of anilines is 1. The summed E-state index contributed by atoms with van der Waals surface area (Å²) in [6.07, 6.45) is 7.25. The van der Waals surface area contributed by atoms with Gasteiger partial charge >= 0.3 is 0 Å². The molecule has 0 atom stereocenters. The zero-order chi connectivity index (χ0) is 18.1. The van der Waals surface area contributed by atoms with Crippen molar-refractivity contribution in [2.45, 2.75) is 44.4 Å². The molecule has 1 heterocycles. The summed E-state index contributed by atoms with van der Waals surface area (Å²) in [5, 5.41) is 16.9. The third kappa shape index (κ3) is 5.79. The maximum atomic E-state index is 8.89. The van der Waals surface area contributed by atoms with Gasteiger partial charge in [0.1, 0.15) is 0 Å². The number of hydrogen-bond acceptors (Lipinski definition) is 3. The minimum Gasteiger partial charge on any atom is -0.385 e. The van der Waals surface area contributed by atoms with Gasteiger partial charge in [0, 0.05) is 30.9 Å². The SMILES string of the molecule is C=C.Cn1nc(CCCCCNc2cccc(C#N)c2)cc1C1CC1. The molecule has 4 heteroatoms. The van der Waals surface area contributed by atoms with Gasteiger partial charge in [-0.15, -0.1) is 13.2 Å². The second-order valence-corrected chi connectivity index (χ2v) is 6.39. The molecule has 1 aromatic carbocycles. The van der Waals surface area contributed by atoms with Crippen molar-refractivity contribution in [3.05, 3.63) is 60.4 Å². The van der Waals surface area contributed by atoms with Crippen molar-refractivity contribution >= 4 is 5.69 Å². The zero-order valence-electron chi connectivity index (χ0n) is 15.2. The third-order valence-electron chi connectivity index (χ3n) is 4.39. The van der Waals surface area contributed by atoms with Crippen molar-refractivity contribution in [3.63, 3.8) is 0 Å². The van der Waals surface area contributed by atoms with E-state index < -0.39 is 0 Å². The maximum absolute atomic E-state index is 8.89. The van der Waals surface area contributed by atoms with Crippen molar-refractivity contribution in [2.75, 3.05) is 11.9 Å². The number of aryl methyl sites for hydroxylation is 2. The van der Waals surface area contributed by atoms with Gasteiger partial charge in [-0.3, -0.25) is 4.68 Å². The third-order valence-corrected chi connectivity index (χ3v) is 4.39. The van der Waals surface area contributed by atoms with E-state index >= 15 is 0 Å². The summed E-state index contributed by atoms with van der Waals surface area (Å²) in [5.41, 5.74) is 4.39. The van der Waals surface area contributed by atoms with Crippen LogP contribution in [0.2, 0.25) is 0 Å². The maximum Gasteiger partial charge on any atom is 0.0992 e. The first kappa shape index (κ1) is 18.8. The first-order chi connectivity index (χ1) is 12.3. The number of rotatable bonds is 8. The second-order valence-electron chi connectivity index (χ2n) is 6.39. The number of aromatic nitrogens is 2. The van der Waals surface area contributed by atoms with Crippen LogP contribution >= 0.6 is 0 Å². The summed E-state index contributed by atoms with van der Waals surface area (Å²) in [6, 6.07) is 12.1. The highest BCUT2D eigenvalue weighted by Gasteiger charge is 2.26. The molecular formula is C21H28N4. The van der Waals surface area contributed by atoms with Gasteiger partial charge in [0.05, 0.1) is 17.3 Å². The van der Waals surface area contributed by atoms with E-state index in [0.717, 1.165) is 31.0 Å². The van der Waals surface area contributed by atoms with Gasteiger partial charge in [-0.25, -0.2) is 0 Å². The van der Waals surface area contributed by atoms with Crippen LogP contribution < -0.4 is 5.32 Å². The Morgan fingerprint density at radius 3 is 2.76 bits per heavy atom. The van der Waals surface area contributed by atoms with Gasteiger partial charge in [-0.2, -0.15) is 10.4 Å². The lowest BCUT2D eigenvalue weighted by molar-refractivity contribution is 0.662. The van der Waals surface area contributed by atoms with Crippen LogP contribution in [-0.4, -0.2) is 16.3 Å². The molecule has 3 rings (SSSR count). The molecule has 0 spiro atoms. The first-order valence-corrected chi connectivity index (χ1v) is 9.03. The summed E-state index contributed by atoms with van der Waals surface area (Å²) in [4.78, 5) is 0. The Hall–Kier alpha value is -2.54. The Labute approximate surface area is 151 Å². The highest BCUT2D eigenvalue weighted by molar-refractivity contribution is 5.48. The van der Waals surface area contributed by atoms with E-state index in [4.69, 9.17) is 5.26 Å². The molecule has 132 valence electrons. The molecule has 0 unspecified atom stereocenters. The monoisotopic (exact) mass is 336 g/mol. The van der Waals surface area contributed by atoms with Crippen molar-refractivity contribution in [1.29, 1.82) is 5.26 Å². The number of nitrogens with zero attached hydrogens (tertiary/aromatic N) is 3. The Morgan fingerprint density at radius 2 is 2.04 bits per heavy atom. The van der Waals surface area contributed by atoms with Crippen LogP contribution in [0.1, 0.15) is 55.0 Å². The Bertz CT molecular complexity index is 707. The molecule has 0 radical (unpaired) electrons. The van der Waals surface area contributed by atoms with Crippen LogP contribution in [0.4, 0.5) is 5.69 Å². The molecule has 1 aliphatic rings. The van der Waals surface area contributed by atoms with E-state index in [1.54, 1.807) is 0 Å². The van der Waals surface area contributed by atoms with Crippen molar-refractivity contribution in [2.24, 2.45) is 7.05 Å². The van der Waals surface area contributed by atoms with Crippen molar-refractivity contribution < 1.29 is 0 Å². The van der Waals surface area contributed by atoms with Gasteiger partial charge in [-0.05, 0) is 56.4 Å². The molecule has 1 aromatic heterocycles. The molecular weight excluding hydrogens is 308 g/mol. The molecule has 0 amide bonds. The topological polar surface area (TPSA) is 53.6 Å². The molecule has 2 aromatic rings. The smallest absolute Gasteiger partial charge is 0.0992 e. The van der Waals surface area contributed by atoms with Gasteiger partial charge < -0.3 is 5.32 Å². The molecule has 1 aliphatic carbocycles. The summed E-state index contributed by atoms with van der Waals surface area (Å²) in [6.45, 7) is 6.95. The second kappa shape index (κ2) is 9.68. The normalized spacial score (nSPS) is 12.8. The average molecular weight is 336 g/mol. The van der Waals surface area contributed by atoms with E-state index in [0.29, 0.717) is 5.56 Å². The van der Waals surface area contributed by atoms with E-state index in [1.807, 2.05) is 24.3 Å². The lowest BCUT2D eigenvalue weighted by Crippen LogP contribution is -2.02. The zero-order valence-corrected chi connectivity index (χ0v) is 15.2. The number of nitriles is 1. The summed E-state index contributed by atoms with van der Waals surface area (Å²) < 4.78 is 2.07. The molecule has 4 nitrogen and oxygen atoms in total.